The maximum absolute atomic E-state index is 9.23. The number of nitrogens with one attached hydrogen (secondary N) is 1. The third kappa shape index (κ3) is 2.90. The van der Waals surface area contributed by atoms with Crippen LogP contribution >= 0.6 is 0 Å². The lowest BCUT2D eigenvalue weighted by Crippen LogP contribution is -1.91. The van der Waals surface area contributed by atoms with Crippen molar-refractivity contribution in [2.45, 2.75) is 13.0 Å². The second-order valence-electron chi connectivity index (χ2n) is 5.86. The van der Waals surface area contributed by atoms with Crippen LogP contribution in [0, 0.1) is 0 Å². The highest BCUT2D eigenvalue weighted by atomic mass is 16.5. The number of hydrogen-bond acceptors (Lipinski definition) is 4. The Bertz CT molecular complexity index is 1020. The van der Waals surface area contributed by atoms with Crippen LogP contribution in [0.2, 0.25) is 0 Å². The summed E-state index contributed by atoms with van der Waals surface area (Å²) in [7, 11) is 1.67. The van der Waals surface area contributed by atoms with Gasteiger partial charge in [-0.3, -0.25) is 5.10 Å². The van der Waals surface area contributed by atoms with Crippen molar-refractivity contribution in [3.05, 3.63) is 71.5 Å². The zero-order chi connectivity index (χ0) is 17.2. The number of nitrogens with zero attached hydrogens (tertiary/aromatic N) is 1. The molecule has 0 spiro atoms. The van der Waals surface area contributed by atoms with Crippen LogP contribution in [-0.2, 0) is 13.0 Å². The predicted molar refractivity (Wildman–Crippen MR) is 95.5 cm³/mol. The van der Waals surface area contributed by atoms with Gasteiger partial charge in [0.15, 0.2) is 5.76 Å². The molecule has 0 radical (unpaired) electrons. The molecule has 5 heteroatoms. The minimum atomic E-state index is -0.126. The lowest BCUT2D eigenvalue weighted by molar-refractivity contribution is 0.248. The highest BCUT2D eigenvalue weighted by Crippen LogP contribution is 2.31. The number of hydrogen-bond donors (Lipinski definition) is 2. The Kier molecular flexibility index (Phi) is 3.99. The van der Waals surface area contributed by atoms with Crippen LogP contribution in [0.5, 0.6) is 5.75 Å². The average molecular weight is 334 g/mol. The van der Waals surface area contributed by atoms with Gasteiger partial charge < -0.3 is 14.3 Å². The van der Waals surface area contributed by atoms with Gasteiger partial charge >= 0.3 is 0 Å². The largest absolute Gasteiger partial charge is 0.497 e. The minimum absolute atomic E-state index is 0.126. The van der Waals surface area contributed by atoms with Crippen LogP contribution in [-0.4, -0.2) is 22.4 Å². The first-order valence-electron chi connectivity index (χ1n) is 8.07. The molecule has 0 aliphatic rings. The van der Waals surface area contributed by atoms with E-state index in [1.807, 2.05) is 36.4 Å². The SMILES string of the molecule is COc1cccc(Cc2cccc3[nH]nc(-c4ccc(CO)o4)c23)c1. The summed E-state index contributed by atoms with van der Waals surface area (Å²) >= 11 is 0. The van der Waals surface area contributed by atoms with E-state index in [1.165, 1.54) is 0 Å². The van der Waals surface area contributed by atoms with E-state index in [4.69, 9.17) is 9.15 Å². The van der Waals surface area contributed by atoms with Crippen LogP contribution < -0.4 is 4.74 Å². The fourth-order valence-corrected chi connectivity index (χ4v) is 3.06. The summed E-state index contributed by atoms with van der Waals surface area (Å²) in [5.74, 6) is 2.01. The quantitative estimate of drug-likeness (QED) is 0.580. The van der Waals surface area contributed by atoms with Crippen molar-refractivity contribution in [2.75, 3.05) is 7.11 Å². The molecule has 2 aromatic heterocycles. The topological polar surface area (TPSA) is 71.3 Å². The molecule has 25 heavy (non-hydrogen) atoms. The molecule has 0 saturated carbocycles. The van der Waals surface area contributed by atoms with E-state index in [0.717, 1.165) is 39.9 Å². The van der Waals surface area contributed by atoms with Gasteiger partial charge in [-0.25, -0.2) is 0 Å². The molecule has 0 amide bonds. The number of fused-ring (bicyclic) bond motifs is 1. The van der Waals surface area contributed by atoms with Crippen LogP contribution in [0.3, 0.4) is 0 Å². The van der Waals surface area contributed by atoms with Gasteiger partial charge in [0.1, 0.15) is 23.8 Å². The molecule has 4 aromatic rings. The summed E-state index contributed by atoms with van der Waals surface area (Å²) in [6, 6.07) is 17.8. The van der Waals surface area contributed by atoms with Crippen LogP contribution in [0.4, 0.5) is 0 Å². The zero-order valence-corrected chi connectivity index (χ0v) is 13.8. The number of aromatic amines is 1. The minimum Gasteiger partial charge on any atom is -0.497 e. The second kappa shape index (κ2) is 6.45. The average Bonchev–Trinajstić information content (AvgIpc) is 3.29. The molecule has 0 aliphatic heterocycles. The van der Waals surface area contributed by atoms with Gasteiger partial charge in [-0.15, -0.1) is 0 Å². The Labute approximate surface area is 144 Å². The van der Waals surface area contributed by atoms with E-state index in [2.05, 4.69) is 22.3 Å². The molecule has 0 aliphatic carbocycles. The van der Waals surface area contributed by atoms with E-state index in [9.17, 15) is 5.11 Å². The molecular formula is C20H18N2O3. The predicted octanol–water partition coefficient (Wildman–Crippen LogP) is 3.91. The van der Waals surface area contributed by atoms with E-state index in [-0.39, 0.29) is 6.61 Å². The standard InChI is InChI=1S/C20H18N2O3/c1-24-15-6-2-4-13(11-15)10-14-5-3-7-17-19(14)20(22-21-17)18-9-8-16(12-23)25-18/h2-9,11,23H,10,12H2,1H3,(H,21,22). The fraction of sp³-hybridized carbons (Fsp3) is 0.150. The van der Waals surface area contributed by atoms with E-state index in [0.29, 0.717) is 11.5 Å². The Hall–Kier alpha value is -3.05. The summed E-state index contributed by atoms with van der Waals surface area (Å²) in [5.41, 5.74) is 4.02. The van der Waals surface area contributed by atoms with Crippen molar-refractivity contribution in [1.82, 2.24) is 10.2 Å². The Morgan fingerprint density at radius 2 is 2.00 bits per heavy atom. The molecule has 2 N–H and O–H groups in total. The van der Waals surface area contributed by atoms with Gasteiger partial charge in [-0.2, -0.15) is 5.10 Å². The first-order valence-corrected chi connectivity index (χ1v) is 8.07. The van der Waals surface area contributed by atoms with Gasteiger partial charge in [-0.05, 0) is 47.9 Å². The zero-order valence-electron chi connectivity index (χ0n) is 13.8. The summed E-state index contributed by atoms with van der Waals surface area (Å²) in [6.07, 6.45) is 0.759. The normalized spacial score (nSPS) is 11.1. The number of rotatable bonds is 5. The number of ether oxygens (including phenoxy) is 1. The molecule has 0 unspecified atom stereocenters. The molecule has 5 nitrogen and oxygen atoms in total. The summed E-state index contributed by atoms with van der Waals surface area (Å²) in [5, 5.41) is 17.7. The molecule has 0 bridgehead atoms. The first-order chi connectivity index (χ1) is 12.3. The van der Waals surface area contributed by atoms with E-state index >= 15 is 0 Å². The molecule has 0 atom stereocenters. The monoisotopic (exact) mass is 334 g/mol. The van der Waals surface area contributed by atoms with Gasteiger partial charge in [0.05, 0.1) is 12.6 Å². The smallest absolute Gasteiger partial charge is 0.155 e. The molecular weight excluding hydrogens is 316 g/mol. The molecule has 0 saturated heterocycles. The number of methoxy groups -OCH3 is 1. The Morgan fingerprint density at radius 1 is 1.12 bits per heavy atom. The second-order valence-corrected chi connectivity index (χ2v) is 5.86. The van der Waals surface area contributed by atoms with Crippen LogP contribution in [0.1, 0.15) is 16.9 Å². The summed E-state index contributed by atoms with van der Waals surface area (Å²) in [6.45, 7) is -0.126. The number of aromatic nitrogens is 2. The highest BCUT2D eigenvalue weighted by Gasteiger charge is 2.15. The third-order valence-corrected chi connectivity index (χ3v) is 4.26. The van der Waals surface area contributed by atoms with E-state index in [1.54, 1.807) is 13.2 Å². The van der Waals surface area contributed by atoms with Crippen molar-refractivity contribution in [3.63, 3.8) is 0 Å². The lowest BCUT2D eigenvalue weighted by atomic mass is 9.99. The molecule has 4 rings (SSSR count). The maximum Gasteiger partial charge on any atom is 0.155 e. The molecule has 126 valence electrons. The Balaban J connectivity index is 1.79. The summed E-state index contributed by atoms with van der Waals surface area (Å²) in [4.78, 5) is 0. The lowest BCUT2D eigenvalue weighted by Gasteiger charge is -2.07. The van der Waals surface area contributed by atoms with Crippen molar-refractivity contribution >= 4 is 10.9 Å². The maximum atomic E-state index is 9.23. The number of aliphatic hydroxyl groups is 1. The summed E-state index contributed by atoms with van der Waals surface area (Å²) < 4.78 is 11.0. The number of furan rings is 1. The van der Waals surface area contributed by atoms with Gasteiger partial charge in [-0.1, -0.05) is 24.3 Å². The van der Waals surface area contributed by atoms with Crippen molar-refractivity contribution in [2.24, 2.45) is 0 Å². The number of aliphatic hydroxyl groups excluding tert-OH is 1. The van der Waals surface area contributed by atoms with Crippen molar-refractivity contribution < 1.29 is 14.3 Å². The van der Waals surface area contributed by atoms with Gasteiger partial charge in [0.25, 0.3) is 0 Å². The fourth-order valence-electron chi connectivity index (χ4n) is 3.06. The first kappa shape index (κ1) is 15.5. The number of benzene rings is 2. The number of H-pyrrole nitrogens is 1. The molecule has 2 heterocycles. The Morgan fingerprint density at radius 3 is 2.80 bits per heavy atom. The molecule has 0 fully saturated rings. The molecule has 2 aromatic carbocycles. The van der Waals surface area contributed by atoms with Crippen molar-refractivity contribution in [3.8, 4) is 17.2 Å². The van der Waals surface area contributed by atoms with Crippen LogP contribution in [0.15, 0.2) is 59.0 Å². The van der Waals surface area contributed by atoms with Crippen molar-refractivity contribution in [1.29, 1.82) is 0 Å². The van der Waals surface area contributed by atoms with Gasteiger partial charge in [0.2, 0.25) is 0 Å². The highest BCUT2D eigenvalue weighted by molar-refractivity contribution is 5.94. The third-order valence-electron chi connectivity index (χ3n) is 4.26. The van der Waals surface area contributed by atoms with Crippen LogP contribution in [0.25, 0.3) is 22.4 Å². The van der Waals surface area contributed by atoms with Gasteiger partial charge in [0, 0.05) is 5.39 Å². The van der Waals surface area contributed by atoms with E-state index < -0.39 is 0 Å².